The zero-order chi connectivity index (χ0) is 31.4. The molecule has 1 aliphatic rings. The molecule has 0 amide bonds. The number of ether oxygens (including phenoxy) is 6. The van der Waals surface area contributed by atoms with Crippen LogP contribution in [0.15, 0.2) is 18.2 Å². The second-order valence-electron chi connectivity index (χ2n) is 11.5. The summed E-state index contributed by atoms with van der Waals surface area (Å²) in [7, 11) is 0. The van der Waals surface area contributed by atoms with Crippen molar-refractivity contribution in [3.8, 4) is 11.5 Å². The van der Waals surface area contributed by atoms with Crippen LogP contribution < -0.4 is 15.2 Å². The zero-order valence-corrected chi connectivity index (χ0v) is 25.3. The van der Waals surface area contributed by atoms with E-state index in [0.29, 0.717) is 5.56 Å². The average molecular weight is 596 g/mol. The predicted octanol–water partition coefficient (Wildman–Crippen LogP) is 6.04. The van der Waals surface area contributed by atoms with Gasteiger partial charge in [0.1, 0.15) is 18.2 Å². The lowest BCUT2D eigenvalue weighted by Gasteiger charge is -2.32. The Morgan fingerprint density at radius 2 is 1.38 bits per heavy atom. The number of benzene rings is 1. The van der Waals surface area contributed by atoms with Crippen LogP contribution in [-0.2, 0) is 23.7 Å². The summed E-state index contributed by atoms with van der Waals surface area (Å²) in [6.45, 7) is 10.9. The number of hydrogen-bond acceptors (Lipinski definition) is 11. The number of carboxylic acids is 1. The molecule has 1 aromatic carbocycles. The van der Waals surface area contributed by atoms with Gasteiger partial charge in [-0.1, -0.05) is 47.1 Å². The number of carboxylic acid groups (broad SMARTS) is 1. The number of aliphatic carboxylic acids is 1. The fourth-order valence-electron chi connectivity index (χ4n) is 4.49. The van der Waals surface area contributed by atoms with E-state index in [1.165, 1.54) is 18.2 Å². The van der Waals surface area contributed by atoms with Crippen molar-refractivity contribution in [3.05, 3.63) is 23.8 Å². The summed E-state index contributed by atoms with van der Waals surface area (Å²) < 4.78 is 31.8. The van der Waals surface area contributed by atoms with E-state index in [2.05, 4.69) is 0 Å². The number of carbonyl (C=O) groups excluding carboxylic acids is 3. The molecule has 0 heterocycles. The lowest BCUT2D eigenvalue weighted by molar-refractivity contribution is -0.139. The molecule has 1 fully saturated rings. The van der Waals surface area contributed by atoms with Gasteiger partial charge in [0, 0.05) is 11.8 Å². The van der Waals surface area contributed by atoms with Crippen LogP contribution in [-0.4, -0.2) is 61.0 Å². The highest BCUT2D eigenvalue weighted by molar-refractivity contribution is 5.75. The molecule has 3 unspecified atom stereocenters. The Bertz CT molecular complexity index is 1050. The van der Waals surface area contributed by atoms with Crippen LogP contribution in [0.3, 0.4) is 0 Å². The Labute approximate surface area is 247 Å². The minimum Gasteiger partial charge on any atom is -0.480 e. The normalized spacial score (nSPS) is 16.6. The zero-order valence-electron chi connectivity index (χ0n) is 25.3. The molecule has 0 aromatic heterocycles. The van der Waals surface area contributed by atoms with E-state index in [4.69, 9.17) is 34.2 Å². The van der Waals surface area contributed by atoms with E-state index in [0.717, 1.165) is 32.1 Å². The third-order valence-corrected chi connectivity index (χ3v) is 6.88. The predicted molar refractivity (Wildman–Crippen MR) is 151 cm³/mol. The smallest absolute Gasteiger partial charge is 0.480 e. The molecule has 0 bridgehead atoms. The molecule has 42 heavy (non-hydrogen) atoms. The summed E-state index contributed by atoms with van der Waals surface area (Å²) in [5, 5.41) is 9.81. The van der Waals surface area contributed by atoms with E-state index in [1.807, 2.05) is 27.7 Å². The Morgan fingerprint density at radius 1 is 0.833 bits per heavy atom. The molecule has 2 rings (SSSR count). The maximum absolute atomic E-state index is 12.5. The molecular formula is C30H45NO11. The van der Waals surface area contributed by atoms with Crippen molar-refractivity contribution in [1.82, 2.24) is 0 Å². The number of carbonyl (C=O) groups is 4. The van der Waals surface area contributed by atoms with Gasteiger partial charge in [-0.25, -0.2) is 14.4 Å². The summed E-state index contributed by atoms with van der Waals surface area (Å²) in [5.41, 5.74) is 6.46. The minimum atomic E-state index is -1.43. The second-order valence-corrected chi connectivity index (χ2v) is 11.5. The highest BCUT2D eigenvalue weighted by Gasteiger charge is 2.36. The molecule has 12 heteroatoms. The first-order valence-electron chi connectivity index (χ1n) is 14.5. The Kier molecular flexibility index (Phi) is 13.9. The van der Waals surface area contributed by atoms with Crippen LogP contribution in [0.1, 0.15) is 85.1 Å². The molecule has 1 aromatic rings. The maximum Gasteiger partial charge on any atom is 0.513 e. The van der Waals surface area contributed by atoms with Crippen molar-refractivity contribution < 1.29 is 52.7 Å². The number of nitrogens with two attached hydrogens (primary N) is 1. The molecule has 1 aliphatic carbocycles. The molecule has 12 nitrogen and oxygen atoms in total. The van der Waals surface area contributed by atoms with E-state index in [9.17, 15) is 24.3 Å². The first kappa shape index (κ1) is 34.7. The van der Waals surface area contributed by atoms with Crippen molar-refractivity contribution >= 4 is 24.4 Å². The summed E-state index contributed by atoms with van der Waals surface area (Å²) >= 11 is 0. The Morgan fingerprint density at radius 3 is 1.90 bits per heavy atom. The lowest BCUT2D eigenvalue weighted by atomic mass is 9.79. The van der Waals surface area contributed by atoms with Crippen molar-refractivity contribution in [3.63, 3.8) is 0 Å². The molecule has 0 spiro atoms. The molecule has 0 radical (unpaired) electrons. The van der Waals surface area contributed by atoms with Crippen molar-refractivity contribution in [2.24, 2.45) is 23.5 Å². The van der Waals surface area contributed by atoms with Crippen LogP contribution in [0.5, 0.6) is 11.5 Å². The fourth-order valence-corrected chi connectivity index (χ4v) is 4.49. The average Bonchev–Trinajstić information content (AvgIpc) is 2.92. The van der Waals surface area contributed by atoms with Crippen LogP contribution in [0.2, 0.25) is 0 Å². The quantitative estimate of drug-likeness (QED) is 0.154. The number of hydrogen-bond donors (Lipinski definition) is 2. The van der Waals surface area contributed by atoms with Crippen LogP contribution in [0, 0.1) is 17.8 Å². The Balaban J connectivity index is 2.33. The highest BCUT2D eigenvalue weighted by Crippen LogP contribution is 2.37. The maximum atomic E-state index is 12.5. The summed E-state index contributed by atoms with van der Waals surface area (Å²) in [4.78, 5) is 49.2. The highest BCUT2D eigenvalue weighted by atomic mass is 16.7. The van der Waals surface area contributed by atoms with Gasteiger partial charge in [-0.05, 0) is 62.1 Å². The largest absolute Gasteiger partial charge is 0.513 e. The molecule has 4 atom stereocenters. The van der Waals surface area contributed by atoms with Gasteiger partial charge in [-0.15, -0.1) is 0 Å². The Hall–Kier alpha value is -3.54. The van der Waals surface area contributed by atoms with Crippen LogP contribution in [0.25, 0.3) is 0 Å². The van der Waals surface area contributed by atoms with Gasteiger partial charge in [-0.2, -0.15) is 0 Å². The van der Waals surface area contributed by atoms with Crippen molar-refractivity contribution in [2.45, 2.75) is 97.8 Å². The molecule has 3 N–H and O–H groups in total. The van der Waals surface area contributed by atoms with Gasteiger partial charge in [-0.3, -0.25) is 4.79 Å². The number of rotatable bonds is 13. The van der Waals surface area contributed by atoms with Crippen LogP contribution >= 0.6 is 0 Å². The van der Waals surface area contributed by atoms with Gasteiger partial charge in [0.05, 0.1) is 13.2 Å². The topological polar surface area (TPSA) is 170 Å². The second kappa shape index (κ2) is 16.8. The SMILES string of the molecule is CC(C)COC(=O)Oc1ccc(C(C(C)C(C)OC(=O)OC2CCCCC2)[C@H](N)C(=O)O)cc1OC(=O)OCC(C)C. The fraction of sp³-hybridized carbons (Fsp3) is 0.667. The van der Waals surface area contributed by atoms with E-state index in [1.54, 1.807) is 13.8 Å². The molecule has 0 saturated heterocycles. The van der Waals surface area contributed by atoms with E-state index >= 15 is 0 Å². The molecule has 0 aliphatic heterocycles. The summed E-state index contributed by atoms with van der Waals surface area (Å²) in [6.07, 6.45) is 0.706. The van der Waals surface area contributed by atoms with Crippen molar-refractivity contribution in [2.75, 3.05) is 13.2 Å². The molecule has 236 valence electrons. The minimum absolute atomic E-state index is 0.0377. The van der Waals surface area contributed by atoms with E-state index < -0.39 is 48.4 Å². The lowest BCUT2D eigenvalue weighted by Crippen LogP contribution is -2.43. The first-order chi connectivity index (χ1) is 19.8. The summed E-state index contributed by atoms with van der Waals surface area (Å²) in [6, 6.07) is 2.75. The van der Waals surface area contributed by atoms with E-state index in [-0.39, 0.29) is 42.7 Å². The van der Waals surface area contributed by atoms with Crippen molar-refractivity contribution in [1.29, 1.82) is 0 Å². The third kappa shape index (κ3) is 11.4. The first-order valence-corrected chi connectivity index (χ1v) is 14.5. The molecule has 1 saturated carbocycles. The van der Waals surface area contributed by atoms with Gasteiger partial charge in [0.25, 0.3) is 0 Å². The third-order valence-electron chi connectivity index (χ3n) is 6.88. The van der Waals surface area contributed by atoms with Crippen LogP contribution in [0.4, 0.5) is 14.4 Å². The van der Waals surface area contributed by atoms with Gasteiger partial charge in [0.2, 0.25) is 0 Å². The monoisotopic (exact) mass is 595 g/mol. The van der Waals surface area contributed by atoms with Gasteiger partial charge < -0.3 is 39.3 Å². The van der Waals surface area contributed by atoms with Gasteiger partial charge >= 0.3 is 24.4 Å². The van der Waals surface area contributed by atoms with Gasteiger partial charge in [0.15, 0.2) is 11.5 Å². The molecular weight excluding hydrogens is 550 g/mol. The standard InChI is InChI=1S/C30H45NO11/c1-17(2)15-37-28(34)41-23-13-12-21(14-24(23)42-29(35)38-16-18(3)4)25(26(31)27(32)33)19(5)20(6)39-30(36)40-22-10-8-7-9-11-22/h12-14,17-20,22,25-26H,7-11,15-16,31H2,1-6H3,(H,32,33)/t19?,20?,25?,26-/m0/s1. The summed E-state index contributed by atoms with van der Waals surface area (Å²) in [5.74, 6) is -3.09.